The van der Waals surface area contributed by atoms with E-state index in [1.807, 2.05) is 0 Å². The van der Waals surface area contributed by atoms with Crippen molar-refractivity contribution in [2.45, 2.75) is 105 Å². The summed E-state index contributed by atoms with van der Waals surface area (Å²) >= 11 is 2.06. The van der Waals surface area contributed by atoms with Crippen LogP contribution in [0.15, 0.2) is 35.5 Å². The van der Waals surface area contributed by atoms with Crippen LogP contribution >= 0.6 is 11.8 Å². The van der Waals surface area contributed by atoms with Crippen LogP contribution < -0.4 is 0 Å². The maximum absolute atomic E-state index is 2.59. The molecule has 0 aliphatic heterocycles. The van der Waals surface area contributed by atoms with Crippen molar-refractivity contribution in [3.8, 4) is 0 Å². The molecule has 1 aromatic heterocycles. The largest absolute Gasteiger partial charge is 0.336 e. The first-order valence-corrected chi connectivity index (χ1v) is 12.0. The van der Waals surface area contributed by atoms with Crippen molar-refractivity contribution >= 4 is 22.5 Å². The third kappa shape index (κ3) is 3.91. The van der Waals surface area contributed by atoms with Gasteiger partial charge in [-0.25, -0.2) is 0 Å². The quantitative estimate of drug-likeness (QED) is 0.426. The molecule has 0 saturated carbocycles. The van der Waals surface area contributed by atoms with Gasteiger partial charge in [0.1, 0.15) is 0 Å². The maximum atomic E-state index is 2.59. The van der Waals surface area contributed by atoms with Crippen LogP contribution in [0.2, 0.25) is 0 Å². The summed E-state index contributed by atoms with van der Waals surface area (Å²) in [5.74, 6) is 0.610. The third-order valence-corrected chi connectivity index (χ3v) is 10.7. The fourth-order valence-electron chi connectivity index (χ4n) is 3.94. The normalized spacial score (nSPS) is 14.8. The molecule has 0 fully saturated rings. The van der Waals surface area contributed by atoms with Crippen LogP contribution in [0, 0.1) is 22.2 Å². The molecule has 0 N–H and O–H groups in total. The average Bonchev–Trinajstić information content (AvgIpc) is 2.92. The van der Waals surface area contributed by atoms with E-state index in [4.69, 9.17) is 0 Å². The first-order chi connectivity index (χ1) is 12.9. The molecule has 2 aromatic rings. The van der Waals surface area contributed by atoms with Gasteiger partial charge in [0.05, 0.1) is 5.03 Å². The molecule has 0 amide bonds. The Hall–Kier alpha value is -0.890. The van der Waals surface area contributed by atoms with Gasteiger partial charge in [-0.3, -0.25) is 0 Å². The van der Waals surface area contributed by atoms with Gasteiger partial charge in [-0.2, -0.15) is 0 Å². The number of nitrogens with zero attached hydrogens (tertiary/aromatic N) is 1. The zero-order chi connectivity index (χ0) is 22.6. The van der Waals surface area contributed by atoms with Crippen LogP contribution in [0.1, 0.15) is 90.0 Å². The molecule has 2 rings (SSSR count). The van der Waals surface area contributed by atoms with Crippen molar-refractivity contribution in [3.05, 3.63) is 30.5 Å². The molecular formula is C27H45NS. The molecule has 0 unspecified atom stereocenters. The Balaban J connectivity index is 2.74. The second-order valence-electron chi connectivity index (χ2n) is 12.3. The summed E-state index contributed by atoms with van der Waals surface area (Å²) in [6.07, 6.45) is 2.39. The summed E-state index contributed by atoms with van der Waals surface area (Å²) in [6, 6.07) is 8.90. The Labute approximate surface area is 185 Å². The van der Waals surface area contributed by atoms with Crippen molar-refractivity contribution < 1.29 is 0 Å². The minimum Gasteiger partial charge on any atom is -0.336 e. The van der Waals surface area contributed by atoms with Gasteiger partial charge in [-0.15, -0.1) is 11.8 Å². The summed E-state index contributed by atoms with van der Waals surface area (Å²) < 4.78 is 2.69. The van der Waals surface area contributed by atoms with E-state index < -0.39 is 0 Å². The summed E-state index contributed by atoms with van der Waals surface area (Å²) in [7, 11) is 0. The van der Waals surface area contributed by atoms with Gasteiger partial charge < -0.3 is 4.57 Å². The molecule has 0 atom stereocenters. The minimum atomic E-state index is -0.0370. The lowest BCUT2D eigenvalue weighted by Crippen LogP contribution is -2.50. The SMILES string of the molecule is CC(C)C(C)(C)C(C)(C)Sc1c2ccccc2cn1C(C)(C)C(C)(C)C(C)(C)C. The van der Waals surface area contributed by atoms with Gasteiger partial charge >= 0.3 is 0 Å². The highest BCUT2D eigenvalue weighted by Gasteiger charge is 2.48. The second kappa shape index (κ2) is 7.36. The molecule has 1 aromatic carbocycles. The highest BCUT2D eigenvalue weighted by Crippen LogP contribution is 2.55. The molecule has 1 heterocycles. The zero-order valence-corrected chi connectivity index (χ0v) is 22.1. The maximum Gasteiger partial charge on any atom is 0.0838 e. The first-order valence-electron chi connectivity index (χ1n) is 11.2. The van der Waals surface area contributed by atoms with Gasteiger partial charge in [0.2, 0.25) is 0 Å². The molecule has 0 aliphatic carbocycles. The predicted molar refractivity (Wildman–Crippen MR) is 133 cm³/mol. The Morgan fingerprint density at radius 1 is 0.793 bits per heavy atom. The summed E-state index contributed by atoms with van der Waals surface area (Å²) in [6.45, 7) is 31.2. The van der Waals surface area contributed by atoms with Gasteiger partial charge in [0.25, 0.3) is 0 Å². The molecule has 0 aliphatic rings. The van der Waals surface area contributed by atoms with Crippen LogP contribution in [0.25, 0.3) is 10.8 Å². The summed E-state index contributed by atoms with van der Waals surface area (Å²) in [5.41, 5.74) is 0.450. The highest BCUT2D eigenvalue weighted by molar-refractivity contribution is 8.00. The number of aromatic nitrogens is 1. The van der Waals surface area contributed by atoms with Crippen molar-refractivity contribution in [3.63, 3.8) is 0 Å². The van der Waals surface area contributed by atoms with Crippen LogP contribution in [-0.4, -0.2) is 9.31 Å². The summed E-state index contributed by atoms with van der Waals surface area (Å²) in [5, 5.41) is 4.12. The fraction of sp³-hybridized carbons (Fsp3) is 0.704. The summed E-state index contributed by atoms with van der Waals surface area (Å²) in [4.78, 5) is 0. The standard InChI is InChI=1S/C27H45NS/c1-19(2)24(6,7)27(12,13)29-22-21-17-15-14-16-20(21)18-28(22)26(10,11)25(8,9)23(3,4)5/h14-19H,1-13H3. The Morgan fingerprint density at radius 2 is 1.31 bits per heavy atom. The molecule has 0 bridgehead atoms. The lowest BCUT2D eigenvalue weighted by molar-refractivity contribution is -0.00240. The van der Waals surface area contributed by atoms with Crippen LogP contribution in [0.3, 0.4) is 0 Å². The topological polar surface area (TPSA) is 4.93 Å². The molecule has 164 valence electrons. The number of rotatable bonds is 6. The van der Waals surface area contributed by atoms with Crippen molar-refractivity contribution in [1.29, 1.82) is 0 Å². The lowest BCUT2D eigenvalue weighted by atomic mass is 9.59. The lowest BCUT2D eigenvalue weighted by Gasteiger charge is -2.52. The molecule has 0 saturated heterocycles. The number of benzene rings is 1. The van der Waals surface area contributed by atoms with E-state index in [0.717, 1.165) is 0 Å². The molecule has 29 heavy (non-hydrogen) atoms. The van der Waals surface area contributed by atoms with Gasteiger partial charge in [0, 0.05) is 27.3 Å². The molecule has 0 spiro atoms. The predicted octanol–water partition coefficient (Wildman–Crippen LogP) is 9.00. The molecule has 0 radical (unpaired) electrons. The highest BCUT2D eigenvalue weighted by atomic mass is 32.2. The van der Waals surface area contributed by atoms with Crippen molar-refractivity contribution in [2.24, 2.45) is 22.2 Å². The van der Waals surface area contributed by atoms with Crippen molar-refractivity contribution in [1.82, 2.24) is 4.57 Å². The average molecular weight is 416 g/mol. The van der Waals surface area contributed by atoms with Gasteiger partial charge in [-0.05, 0) is 49.9 Å². The van der Waals surface area contributed by atoms with E-state index in [9.17, 15) is 0 Å². The molecular weight excluding hydrogens is 370 g/mol. The third-order valence-electron chi connectivity index (χ3n) is 9.03. The first kappa shape index (κ1) is 24.4. The van der Waals surface area contributed by atoms with Gasteiger partial charge in [-0.1, -0.05) is 86.6 Å². The van der Waals surface area contributed by atoms with E-state index in [2.05, 4.69) is 137 Å². The zero-order valence-electron chi connectivity index (χ0n) is 21.3. The Kier molecular flexibility index (Phi) is 6.19. The molecule has 2 heteroatoms. The van der Waals surface area contributed by atoms with E-state index in [1.165, 1.54) is 15.8 Å². The Morgan fingerprint density at radius 3 is 1.79 bits per heavy atom. The second-order valence-corrected chi connectivity index (χ2v) is 13.9. The number of hydrogen-bond acceptors (Lipinski definition) is 1. The van der Waals surface area contributed by atoms with Crippen molar-refractivity contribution in [2.75, 3.05) is 0 Å². The number of hydrogen-bond donors (Lipinski definition) is 0. The van der Waals surface area contributed by atoms with Crippen LogP contribution in [-0.2, 0) is 5.54 Å². The minimum absolute atomic E-state index is 0.0370. The smallest absolute Gasteiger partial charge is 0.0838 e. The van der Waals surface area contributed by atoms with E-state index in [0.29, 0.717) is 5.92 Å². The number of fused-ring (bicyclic) bond motifs is 1. The molecule has 1 nitrogen and oxygen atoms in total. The van der Waals surface area contributed by atoms with Crippen LogP contribution in [0.4, 0.5) is 0 Å². The fourth-order valence-corrected chi connectivity index (χ4v) is 5.60. The number of thioether (sulfide) groups is 1. The van der Waals surface area contributed by atoms with E-state index in [1.54, 1.807) is 0 Å². The van der Waals surface area contributed by atoms with E-state index >= 15 is 0 Å². The van der Waals surface area contributed by atoms with Gasteiger partial charge in [0.15, 0.2) is 0 Å². The Bertz CT molecular complexity index is 856. The van der Waals surface area contributed by atoms with E-state index in [-0.39, 0.29) is 26.5 Å². The monoisotopic (exact) mass is 415 g/mol. The van der Waals surface area contributed by atoms with Crippen LogP contribution in [0.5, 0.6) is 0 Å².